The van der Waals surface area contributed by atoms with Crippen molar-refractivity contribution in [3.05, 3.63) is 50.9 Å². The fourth-order valence-corrected chi connectivity index (χ4v) is 2.93. The summed E-state index contributed by atoms with van der Waals surface area (Å²) in [7, 11) is 0. The number of hydrogen-bond donors (Lipinski definition) is 1. The number of benzene rings is 1. The molecule has 0 saturated carbocycles. The topological polar surface area (TPSA) is 52.5 Å². The van der Waals surface area contributed by atoms with Crippen LogP contribution in [0.1, 0.15) is 11.4 Å². The highest BCUT2D eigenvalue weighted by Gasteiger charge is 2.07. The van der Waals surface area contributed by atoms with Crippen LogP contribution in [-0.2, 0) is 0 Å². The molecule has 0 saturated heterocycles. The first-order chi connectivity index (χ1) is 9.26. The second-order valence-corrected chi connectivity index (χ2v) is 6.25. The first-order valence-electron chi connectivity index (χ1n) is 5.57. The molecule has 19 heavy (non-hydrogen) atoms. The molecule has 92 valence electrons. The number of rotatable bonds is 2. The number of fused-ring (bicyclic) bond motifs is 1. The van der Waals surface area contributed by atoms with Crippen molar-refractivity contribution in [3.63, 3.8) is 0 Å². The molecular weight excluding hydrogens is 322 g/mol. The average molecular weight is 330 g/mol. The van der Waals surface area contributed by atoms with Crippen LogP contribution in [0.15, 0.2) is 39.5 Å². The highest BCUT2D eigenvalue weighted by atomic mass is 79.9. The highest BCUT2D eigenvalue weighted by Crippen LogP contribution is 2.25. The molecule has 3 nitrogen and oxygen atoms in total. The van der Waals surface area contributed by atoms with Gasteiger partial charge in [0.05, 0.1) is 20.4 Å². The van der Waals surface area contributed by atoms with E-state index in [1.54, 1.807) is 11.3 Å². The van der Waals surface area contributed by atoms with Crippen molar-refractivity contribution in [1.82, 2.24) is 9.97 Å². The van der Waals surface area contributed by atoms with Crippen LogP contribution < -0.4 is 0 Å². The molecule has 0 unspecified atom stereocenters. The van der Waals surface area contributed by atoms with E-state index in [9.17, 15) is 5.26 Å². The lowest BCUT2D eigenvalue weighted by atomic mass is 10.2. The number of nitrogens with one attached hydrogen (secondary N) is 1. The van der Waals surface area contributed by atoms with Gasteiger partial charge in [0.15, 0.2) is 0 Å². The third-order valence-electron chi connectivity index (χ3n) is 2.66. The number of aromatic amines is 1. The Labute approximate surface area is 122 Å². The van der Waals surface area contributed by atoms with Crippen molar-refractivity contribution < 1.29 is 0 Å². The Morgan fingerprint density at radius 1 is 1.42 bits per heavy atom. The number of hydrogen-bond acceptors (Lipinski definition) is 3. The summed E-state index contributed by atoms with van der Waals surface area (Å²) in [5.41, 5.74) is 3.32. The van der Waals surface area contributed by atoms with E-state index in [4.69, 9.17) is 0 Å². The summed E-state index contributed by atoms with van der Waals surface area (Å²) < 4.78 is 1.04. The normalized spacial score (nSPS) is 11.7. The molecular formula is C14H8BrN3S. The van der Waals surface area contributed by atoms with Crippen LogP contribution in [0, 0.1) is 11.3 Å². The predicted octanol–water partition coefficient (Wildman–Crippen LogP) is 4.45. The minimum atomic E-state index is 0.529. The maximum Gasteiger partial charge on any atom is 0.149 e. The number of allylic oxidation sites excluding steroid dienone is 1. The molecule has 0 atom stereocenters. The van der Waals surface area contributed by atoms with Gasteiger partial charge in [-0.15, -0.1) is 11.3 Å². The summed E-state index contributed by atoms with van der Waals surface area (Å²) in [5.74, 6) is 0.603. The van der Waals surface area contributed by atoms with Gasteiger partial charge < -0.3 is 4.98 Å². The minimum Gasteiger partial charge on any atom is -0.337 e. The van der Waals surface area contributed by atoms with Gasteiger partial charge in [-0.25, -0.2) is 4.98 Å². The number of aromatic nitrogens is 2. The van der Waals surface area contributed by atoms with Crippen LogP contribution in [0.3, 0.4) is 0 Å². The van der Waals surface area contributed by atoms with E-state index in [-0.39, 0.29) is 0 Å². The summed E-state index contributed by atoms with van der Waals surface area (Å²) in [4.78, 5) is 7.60. The number of imidazole rings is 1. The van der Waals surface area contributed by atoms with E-state index in [1.165, 1.54) is 0 Å². The van der Waals surface area contributed by atoms with Crippen molar-refractivity contribution in [2.45, 2.75) is 0 Å². The molecule has 0 radical (unpaired) electrons. The molecule has 5 heteroatoms. The summed E-state index contributed by atoms with van der Waals surface area (Å²) in [5, 5.41) is 11.3. The largest absolute Gasteiger partial charge is 0.337 e. The van der Waals surface area contributed by atoms with Crippen LogP contribution in [0.2, 0.25) is 0 Å². The number of nitriles is 1. The molecule has 0 aliphatic heterocycles. The SMILES string of the molecule is N#C/C(=C\c1csc(Br)c1)c1nc2ccccc2[nH]1. The lowest BCUT2D eigenvalue weighted by Crippen LogP contribution is -1.83. The molecule has 0 spiro atoms. The number of halogens is 1. The molecule has 1 aromatic carbocycles. The van der Waals surface area contributed by atoms with E-state index in [1.807, 2.05) is 41.8 Å². The number of thiophene rings is 1. The van der Waals surface area contributed by atoms with Gasteiger partial charge in [-0.1, -0.05) is 12.1 Å². The van der Waals surface area contributed by atoms with Gasteiger partial charge >= 0.3 is 0 Å². The quantitative estimate of drug-likeness (QED) is 0.706. The van der Waals surface area contributed by atoms with E-state index < -0.39 is 0 Å². The Hall–Kier alpha value is -1.90. The Balaban J connectivity index is 2.07. The Kier molecular flexibility index (Phi) is 3.20. The third kappa shape index (κ3) is 2.46. The van der Waals surface area contributed by atoms with Gasteiger partial charge in [0.25, 0.3) is 0 Å². The van der Waals surface area contributed by atoms with E-state index in [0.717, 1.165) is 20.4 Å². The lowest BCUT2D eigenvalue weighted by Gasteiger charge is -1.91. The second kappa shape index (κ2) is 5.00. The first-order valence-corrected chi connectivity index (χ1v) is 7.24. The molecule has 0 amide bonds. The van der Waals surface area contributed by atoms with Gasteiger partial charge in [0.1, 0.15) is 11.9 Å². The van der Waals surface area contributed by atoms with Crippen molar-refractivity contribution in [2.75, 3.05) is 0 Å². The molecule has 0 aliphatic rings. The Morgan fingerprint density at radius 2 is 2.26 bits per heavy atom. The van der Waals surface area contributed by atoms with Crippen molar-refractivity contribution in [3.8, 4) is 6.07 Å². The van der Waals surface area contributed by atoms with Crippen LogP contribution in [0.25, 0.3) is 22.7 Å². The van der Waals surface area contributed by atoms with Gasteiger partial charge in [-0.05, 0) is 51.1 Å². The monoisotopic (exact) mass is 329 g/mol. The highest BCUT2D eigenvalue weighted by molar-refractivity contribution is 9.11. The van der Waals surface area contributed by atoms with Crippen molar-refractivity contribution in [1.29, 1.82) is 5.26 Å². The fourth-order valence-electron chi connectivity index (χ4n) is 1.80. The number of nitrogens with zero attached hydrogens (tertiary/aromatic N) is 2. The van der Waals surface area contributed by atoms with E-state index >= 15 is 0 Å². The van der Waals surface area contributed by atoms with Crippen molar-refractivity contribution in [2.24, 2.45) is 0 Å². The number of H-pyrrole nitrogens is 1. The maximum absolute atomic E-state index is 9.29. The molecule has 2 heterocycles. The van der Waals surface area contributed by atoms with Crippen molar-refractivity contribution >= 4 is 49.9 Å². The standard InChI is InChI=1S/C14H8BrN3S/c15-13-6-9(8-19-13)5-10(7-16)14-17-11-3-1-2-4-12(11)18-14/h1-6,8H,(H,17,18)/b10-5+. The zero-order valence-corrected chi connectivity index (χ0v) is 12.1. The summed E-state index contributed by atoms with van der Waals surface area (Å²) >= 11 is 5.00. The molecule has 3 aromatic rings. The summed E-state index contributed by atoms with van der Waals surface area (Å²) in [6, 6.07) is 11.9. The molecule has 0 fully saturated rings. The molecule has 0 aliphatic carbocycles. The smallest absolute Gasteiger partial charge is 0.149 e. The van der Waals surface area contributed by atoms with Gasteiger partial charge in [0, 0.05) is 0 Å². The van der Waals surface area contributed by atoms with Gasteiger partial charge in [-0.3, -0.25) is 0 Å². The maximum atomic E-state index is 9.29. The Morgan fingerprint density at radius 3 is 2.95 bits per heavy atom. The van der Waals surface area contributed by atoms with Crippen LogP contribution in [-0.4, -0.2) is 9.97 Å². The lowest BCUT2D eigenvalue weighted by molar-refractivity contribution is 1.27. The zero-order chi connectivity index (χ0) is 13.2. The molecule has 1 N–H and O–H groups in total. The molecule has 0 bridgehead atoms. The fraction of sp³-hybridized carbons (Fsp3) is 0. The average Bonchev–Trinajstić information content (AvgIpc) is 3.01. The third-order valence-corrected chi connectivity index (χ3v) is 4.19. The molecule has 2 aromatic heterocycles. The first kappa shape index (κ1) is 12.2. The van der Waals surface area contributed by atoms with Gasteiger partial charge in [0.2, 0.25) is 0 Å². The minimum absolute atomic E-state index is 0.529. The Bertz CT molecular complexity index is 774. The second-order valence-electron chi connectivity index (χ2n) is 3.96. The van der Waals surface area contributed by atoms with Crippen LogP contribution in [0.5, 0.6) is 0 Å². The summed E-state index contributed by atoms with van der Waals surface area (Å²) in [6.07, 6.45) is 1.83. The zero-order valence-electron chi connectivity index (χ0n) is 9.72. The van der Waals surface area contributed by atoms with E-state index in [2.05, 4.69) is 32.0 Å². The van der Waals surface area contributed by atoms with Crippen LogP contribution >= 0.6 is 27.3 Å². The predicted molar refractivity (Wildman–Crippen MR) is 81.6 cm³/mol. The molecule has 3 rings (SSSR count). The van der Waals surface area contributed by atoms with Crippen LogP contribution in [0.4, 0.5) is 0 Å². The number of para-hydroxylation sites is 2. The van der Waals surface area contributed by atoms with Gasteiger partial charge in [-0.2, -0.15) is 5.26 Å². The summed E-state index contributed by atoms with van der Waals surface area (Å²) in [6.45, 7) is 0. The van der Waals surface area contributed by atoms with E-state index in [0.29, 0.717) is 11.4 Å².